The normalized spacial score (nSPS) is 11.2. The number of nitrogens with zero attached hydrogens (tertiary/aromatic N) is 1. The molecule has 0 atom stereocenters. The van der Waals surface area contributed by atoms with Gasteiger partial charge in [0, 0.05) is 20.1 Å². The smallest absolute Gasteiger partial charge is 0.191 e. The van der Waals surface area contributed by atoms with E-state index < -0.39 is 0 Å². The minimum atomic E-state index is 0. The third-order valence-electron chi connectivity index (χ3n) is 2.28. The first kappa shape index (κ1) is 16.7. The zero-order valence-electron chi connectivity index (χ0n) is 10.7. The van der Waals surface area contributed by atoms with Crippen LogP contribution in [0, 0.1) is 5.92 Å². The van der Waals surface area contributed by atoms with Crippen LogP contribution >= 0.6 is 35.3 Å². The van der Waals surface area contributed by atoms with Gasteiger partial charge in [0.2, 0.25) is 0 Å². The Kier molecular flexibility index (Phi) is 9.53. The predicted octanol–water partition coefficient (Wildman–Crippen LogP) is 3.08. The molecule has 0 aromatic carbocycles. The average molecular weight is 367 g/mol. The van der Waals surface area contributed by atoms with Crippen molar-refractivity contribution >= 4 is 41.3 Å². The van der Waals surface area contributed by atoms with Crippen LogP contribution in [0.25, 0.3) is 0 Å². The van der Waals surface area contributed by atoms with Gasteiger partial charge in [-0.05, 0) is 34.7 Å². The van der Waals surface area contributed by atoms with Gasteiger partial charge in [-0.15, -0.1) is 24.0 Å². The molecule has 5 heteroatoms. The molecule has 1 rings (SSSR count). The van der Waals surface area contributed by atoms with Crippen molar-refractivity contribution in [3.8, 4) is 0 Å². The van der Waals surface area contributed by atoms with Crippen molar-refractivity contribution < 1.29 is 0 Å². The number of hydrogen-bond acceptors (Lipinski definition) is 2. The highest BCUT2D eigenvalue weighted by Gasteiger charge is 1.99. The number of hydrogen-bond donors (Lipinski definition) is 2. The van der Waals surface area contributed by atoms with Gasteiger partial charge in [0.1, 0.15) is 0 Å². The summed E-state index contributed by atoms with van der Waals surface area (Å²) in [4.78, 5) is 4.18. The number of rotatable bonds is 5. The second-order valence-electron chi connectivity index (χ2n) is 4.17. The van der Waals surface area contributed by atoms with E-state index in [0.717, 1.165) is 25.0 Å². The van der Waals surface area contributed by atoms with Crippen LogP contribution in [0.2, 0.25) is 0 Å². The Balaban J connectivity index is 0.00000256. The van der Waals surface area contributed by atoms with Crippen molar-refractivity contribution in [3.63, 3.8) is 0 Å². The minimum Gasteiger partial charge on any atom is -0.356 e. The Labute approximate surface area is 125 Å². The Morgan fingerprint density at radius 3 is 2.71 bits per heavy atom. The largest absolute Gasteiger partial charge is 0.356 e. The van der Waals surface area contributed by atoms with Crippen LogP contribution in [0.1, 0.15) is 25.8 Å². The van der Waals surface area contributed by atoms with Crippen LogP contribution in [0.4, 0.5) is 0 Å². The summed E-state index contributed by atoms with van der Waals surface area (Å²) >= 11 is 1.72. The third kappa shape index (κ3) is 7.59. The summed E-state index contributed by atoms with van der Waals surface area (Å²) in [6.07, 6.45) is 1.17. The standard InChI is InChI=1S/C12H21N3S.HI/c1-10(2)4-6-14-12(13-3)15-8-11-5-7-16-9-11;/h5,7,9-10H,4,6,8H2,1-3H3,(H2,13,14,15);1H. The number of halogens is 1. The van der Waals surface area contributed by atoms with Crippen LogP contribution in [0.3, 0.4) is 0 Å². The van der Waals surface area contributed by atoms with Crippen molar-refractivity contribution in [3.05, 3.63) is 22.4 Å². The van der Waals surface area contributed by atoms with Gasteiger partial charge in [-0.1, -0.05) is 13.8 Å². The third-order valence-corrected chi connectivity index (χ3v) is 3.01. The Morgan fingerprint density at radius 1 is 1.41 bits per heavy atom. The van der Waals surface area contributed by atoms with Crippen LogP contribution in [0.15, 0.2) is 21.8 Å². The molecule has 0 spiro atoms. The molecule has 0 saturated carbocycles. The van der Waals surface area contributed by atoms with E-state index >= 15 is 0 Å². The zero-order chi connectivity index (χ0) is 11.8. The molecule has 1 heterocycles. The lowest BCUT2D eigenvalue weighted by Gasteiger charge is -2.12. The molecule has 0 bridgehead atoms. The zero-order valence-corrected chi connectivity index (χ0v) is 13.8. The van der Waals surface area contributed by atoms with Crippen LogP contribution < -0.4 is 10.6 Å². The van der Waals surface area contributed by atoms with Gasteiger partial charge in [-0.25, -0.2) is 0 Å². The molecule has 0 amide bonds. The summed E-state index contributed by atoms with van der Waals surface area (Å²) in [6, 6.07) is 2.12. The lowest BCUT2D eigenvalue weighted by Crippen LogP contribution is -2.37. The van der Waals surface area contributed by atoms with Crippen molar-refractivity contribution in [1.29, 1.82) is 0 Å². The number of nitrogens with one attached hydrogen (secondary N) is 2. The van der Waals surface area contributed by atoms with Gasteiger partial charge in [-0.2, -0.15) is 11.3 Å². The van der Waals surface area contributed by atoms with Gasteiger partial charge >= 0.3 is 0 Å². The summed E-state index contributed by atoms with van der Waals surface area (Å²) in [6.45, 7) is 6.26. The summed E-state index contributed by atoms with van der Waals surface area (Å²) in [7, 11) is 1.80. The van der Waals surface area contributed by atoms with Crippen molar-refractivity contribution in [2.75, 3.05) is 13.6 Å². The van der Waals surface area contributed by atoms with Gasteiger partial charge in [0.05, 0.1) is 0 Å². The quantitative estimate of drug-likeness (QED) is 0.477. The predicted molar refractivity (Wildman–Crippen MR) is 87.4 cm³/mol. The van der Waals surface area contributed by atoms with Gasteiger partial charge in [0.25, 0.3) is 0 Å². The second-order valence-corrected chi connectivity index (χ2v) is 4.95. The summed E-state index contributed by atoms with van der Waals surface area (Å²) in [5, 5.41) is 10.8. The summed E-state index contributed by atoms with van der Waals surface area (Å²) in [5.41, 5.74) is 1.30. The van der Waals surface area contributed by atoms with E-state index in [1.54, 1.807) is 18.4 Å². The van der Waals surface area contributed by atoms with Crippen LogP contribution in [-0.4, -0.2) is 19.6 Å². The molecular weight excluding hydrogens is 345 g/mol. The molecule has 1 aromatic heterocycles. The minimum absolute atomic E-state index is 0. The highest BCUT2D eigenvalue weighted by molar-refractivity contribution is 14.0. The Bertz CT molecular complexity index is 310. The molecule has 0 fully saturated rings. The van der Waals surface area contributed by atoms with E-state index in [1.807, 2.05) is 0 Å². The molecule has 0 aliphatic rings. The monoisotopic (exact) mass is 367 g/mol. The Morgan fingerprint density at radius 2 is 2.18 bits per heavy atom. The molecule has 0 radical (unpaired) electrons. The fourth-order valence-electron chi connectivity index (χ4n) is 1.28. The molecule has 1 aromatic rings. The van der Waals surface area contributed by atoms with Gasteiger partial charge in [-0.3, -0.25) is 4.99 Å². The van der Waals surface area contributed by atoms with Crippen molar-refractivity contribution in [2.24, 2.45) is 10.9 Å². The van der Waals surface area contributed by atoms with Gasteiger partial charge in [0.15, 0.2) is 5.96 Å². The SMILES string of the molecule is CN=C(NCCC(C)C)NCc1ccsc1.I. The van der Waals surface area contributed by atoms with E-state index in [9.17, 15) is 0 Å². The van der Waals surface area contributed by atoms with Gasteiger partial charge < -0.3 is 10.6 Å². The fraction of sp³-hybridized carbons (Fsp3) is 0.583. The highest BCUT2D eigenvalue weighted by Crippen LogP contribution is 2.04. The van der Waals surface area contributed by atoms with E-state index in [2.05, 4.69) is 46.3 Å². The Hall–Kier alpha value is -0.300. The molecule has 98 valence electrons. The molecule has 0 aliphatic carbocycles. The number of thiophene rings is 1. The first-order valence-electron chi connectivity index (χ1n) is 5.68. The molecule has 0 unspecified atom stereocenters. The molecular formula is C12H22IN3S. The van der Waals surface area contributed by atoms with E-state index in [-0.39, 0.29) is 24.0 Å². The number of aliphatic imine (C=N–C) groups is 1. The van der Waals surface area contributed by atoms with E-state index in [4.69, 9.17) is 0 Å². The summed E-state index contributed by atoms with van der Waals surface area (Å²) < 4.78 is 0. The topological polar surface area (TPSA) is 36.4 Å². The van der Waals surface area contributed by atoms with Crippen molar-refractivity contribution in [1.82, 2.24) is 10.6 Å². The maximum Gasteiger partial charge on any atom is 0.191 e. The first-order valence-corrected chi connectivity index (χ1v) is 6.62. The molecule has 0 saturated heterocycles. The second kappa shape index (κ2) is 9.70. The fourth-order valence-corrected chi connectivity index (χ4v) is 1.95. The maximum atomic E-state index is 4.18. The highest BCUT2D eigenvalue weighted by atomic mass is 127. The molecule has 0 aliphatic heterocycles. The summed E-state index contributed by atoms with van der Waals surface area (Å²) in [5.74, 6) is 1.61. The molecule has 2 N–H and O–H groups in total. The average Bonchev–Trinajstić information content (AvgIpc) is 2.75. The maximum absolute atomic E-state index is 4.18. The van der Waals surface area contributed by atoms with Crippen LogP contribution in [0.5, 0.6) is 0 Å². The lowest BCUT2D eigenvalue weighted by atomic mass is 10.1. The lowest BCUT2D eigenvalue weighted by molar-refractivity contribution is 0.573. The van der Waals surface area contributed by atoms with E-state index in [1.165, 1.54) is 12.0 Å². The number of guanidine groups is 1. The molecule has 3 nitrogen and oxygen atoms in total. The van der Waals surface area contributed by atoms with Crippen LogP contribution in [-0.2, 0) is 6.54 Å². The van der Waals surface area contributed by atoms with Crippen molar-refractivity contribution in [2.45, 2.75) is 26.8 Å². The van der Waals surface area contributed by atoms with E-state index in [0.29, 0.717) is 0 Å². The first-order chi connectivity index (χ1) is 7.72. The molecule has 17 heavy (non-hydrogen) atoms.